The molecule has 2 aromatic heterocycles. The van der Waals surface area contributed by atoms with Crippen LogP contribution in [0.4, 0.5) is 5.95 Å². The highest BCUT2D eigenvalue weighted by Gasteiger charge is 2.38. The number of fused-ring (bicyclic) bond motifs is 1. The number of carbonyl (C=O) groups is 1. The van der Waals surface area contributed by atoms with E-state index in [1.54, 1.807) is 0 Å². The lowest BCUT2D eigenvalue weighted by Crippen LogP contribution is -2.31. The standard InChI is InChI=1S/C15H18N6OS/c1-8-9(7-16-20(8)2)13-12-10(5-4-6-11(12)22)17-14-18-15(23-3)19-21(13)14/h7,13H,4-6H2,1-3H3,(H,17,18,19). The molecule has 2 aliphatic rings. The monoisotopic (exact) mass is 330 g/mol. The van der Waals surface area contributed by atoms with E-state index in [1.165, 1.54) is 11.8 Å². The van der Waals surface area contributed by atoms with Gasteiger partial charge in [0.2, 0.25) is 11.1 Å². The van der Waals surface area contributed by atoms with Gasteiger partial charge in [-0.1, -0.05) is 11.8 Å². The maximum atomic E-state index is 12.6. The normalized spacial score (nSPS) is 20.3. The molecule has 1 N–H and O–H groups in total. The first-order valence-electron chi connectivity index (χ1n) is 7.62. The van der Waals surface area contributed by atoms with E-state index < -0.39 is 0 Å². The maximum Gasteiger partial charge on any atom is 0.227 e. The first-order chi connectivity index (χ1) is 11.1. The van der Waals surface area contributed by atoms with E-state index in [4.69, 9.17) is 0 Å². The van der Waals surface area contributed by atoms with Gasteiger partial charge in [-0.15, -0.1) is 5.10 Å². The van der Waals surface area contributed by atoms with Crippen molar-refractivity contribution in [2.75, 3.05) is 11.6 Å². The van der Waals surface area contributed by atoms with Crippen molar-refractivity contribution in [3.8, 4) is 0 Å². The third kappa shape index (κ3) is 2.12. The van der Waals surface area contributed by atoms with Crippen molar-refractivity contribution in [1.29, 1.82) is 0 Å². The van der Waals surface area contributed by atoms with E-state index >= 15 is 0 Å². The Morgan fingerprint density at radius 1 is 1.39 bits per heavy atom. The van der Waals surface area contributed by atoms with Crippen LogP contribution in [0.2, 0.25) is 0 Å². The molecule has 0 radical (unpaired) electrons. The molecule has 0 aromatic carbocycles. The van der Waals surface area contributed by atoms with E-state index in [9.17, 15) is 4.79 Å². The smallest absolute Gasteiger partial charge is 0.227 e. The average molecular weight is 330 g/mol. The van der Waals surface area contributed by atoms with E-state index in [2.05, 4.69) is 20.5 Å². The van der Waals surface area contributed by atoms with Gasteiger partial charge in [-0.2, -0.15) is 10.1 Å². The van der Waals surface area contributed by atoms with E-state index in [0.717, 1.165) is 35.4 Å². The molecule has 1 unspecified atom stereocenters. The van der Waals surface area contributed by atoms with Crippen LogP contribution in [0.1, 0.15) is 36.6 Å². The second kappa shape index (κ2) is 5.23. The SMILES string of the molecule is CSc1nc2n(n1)C(c1cnn(C)c1C)C1=C(CCCC1=O)N2. The van der Waals surface area contributed by atoms with Crippen LogP contribution < -0.4 is 5.32 Å². The van der Waals surface area contributed by atoms with Gasteiger partial charge in [0, 0.05) is 36.0 Å². The van der Waals surface area contributed by atoms with Gasteiger partial charge in [0.1, 0.15) is 6.04 Å². The number of aryl methyl sites for hydroxylation is 1. The summed E-state index contributed by atoms with van der Waals surface area (Å²) in [6.07, 6.45) is 6.13. The highest BCUT2D eigenvalue weighted by atomic mass is 32.2. The fourth-order valence-corrected chi connectivity index (χ4v) is 3.64. The van der Waals surface area contributed by atoms with Crippen molar-refractivity contribution in [2.45, 2.75) is 37.4 Å². The minimum atomic E-state index is -0.240. The van der Waals surface area contributed by atoms with Crippen LogP contribution in [0.25, 0.3) is 0 Å². The lowest BCUT2D eigenvalue weighted by atomic mass is 9.86. The Morgan fingerprint density at radius 3 is 2.91 bits per heavy atom. The van der Waals surface area contributed by atoms with Crippen molar-refractivity contribution >= 4 is 23.5 Å². The zero-order valence-electron chi connectivity index (χ0n) is 13.3. The predicted octanol–water partition coefficient (Wildman–Crippen LogP) is 2.06. The molecule has 2 aromatic rings. The van der Waals surface area contributed by atoms with Crippen LogP contribution in [0.3, 0.4) is 0 Å². The molecular formula is C15H18N6OS. The minimum absolute atomic E-state index is 0.193. The highest BCUT2D eigenvalue weighted by Crippen LogP contribution is 2.41. The summed E-state index contributed by atoms with van der Waals surface area (Å²) in [4.78, 5) is 17.2. The van der Waals surface area contributed by atoms with Gasteiger partial charge in [0.05, 0.1) is 6.20 Å². The van der Waals surface area contributed by atoms with Crippen LogP contribution in [0.5, 0.6) is 0 Å². The highest BCUT2D eigenvalue weighted by molar-refractivity contribution is 7.98. The van der Waals surface area contributed by atoms with Crippen molar-refractivity contribution < 1.29 is 4.79 Å². The Bertz CT molecular complexity index is 833. The molecule has 120 valence electrons. The number of hydrogen-bond acceptors (Lipinski definition) is 6. The first-order valence-corrected chi connectivity index (χ1v) is 8.85. The minimum Gasteiger partial charge on any atom is -0.328 e. The molecule has 0 fully saturated rings. The summed E-state index contributed by atoms with van der Waals surface area (Å²) >= 11 is 1.50. The molecule has 8 heteroatoms. The molecule has 0 spiro atoms. The van der Waals surface area contributed by atoms with E-state index in [-0.39, 0.29) is 11.8 Å². The Kier molecular flexibility index (Phi) is 3.29. The number of rotatable bonds is 2. The quantitative estimate of drug-likeness (QED) is 0.849. The Labute approximate surface area is 138 Å². The predicted molar refractivity (Wildman–Crippen MR) is 87.4 cm³/mol. The largest absolute Gasteiger partial charge is 0.328 e. The summed E-state index contributed by atoms with van der Waals surface area (Å²) in [6.45, 7) is 2.02. The number of aromatic nitrogens is 5. The summed E-state index contributed by atoms with van der Waals surface area (Å²) in [6, 6.07) is -0.240. The lowest BCUT2D eigenvalue weighted by Gasteiger charge is -2.31. The van der Waals surface area contributed by atoms with Crippen LogP contribution in [0, 0.1) is 6.92 Å². The topological polar surface area (TPSA) is 77.6 Å². The zero-order chi connectivity index (χ0) is 16.1. The molecule has 23 heavy (non-hydrogen) atoms. The number of nitrogens with zero attached hydrogens (tertiary/aromatic N) is 5. The maximum absolute atomic E-state index is 12.6. The molecule has 0 bridgehead atoms. The number of anilines is 1. The lowest BCUT2D eigenvalue weighted by molar-refractivity contribution is -0.116. The third-order valence-electron chi connectivity index (χ3n) is 4.60. The van der Waals surface area contributed by atoms with Gasteiger partial charge in [0.15, 0.2) is 5.78 Å². The summed E-state index contributed by atoms with van der Waals surface area (Å²) in [5, 5.41) is 13.0. The van der Waals surface area contributed by atoms with Gasteiger partial charge >= 0.3 is 0 Å². The van der Waals surface area contributed by atoms with Gasteiger partial charge in [-0.05, 0) is 26.0 Å². The number of Topliss-reactive ketones (excluding diaryl/α,β-unsaturated/α-hetero) is 1. The Balaban J connectivity index is 1.94. The summed E-state index contributed by atoms with van der Waals surface area (Å²) in [7, 11) is 1.91. The number of carbonyl (C=O) groups excluding carboxylic acids is 1. The molecule has 4 rings (SSSR count). The summed E-state index contributed by atoms with van der Waals surface area (Å²) < 4.78 is 3.66. The second-order valence-electron chi connectivity index (χ2n) is 5.87. The second-order valence-corrected chi connectivity index (χ2v) is 6.65. The molecular weight excluding hydrogens is 312 g/mol. The molecule has 1 atom stereocenters. The van der Waals surface area contributed by atoms with Crippen molar-refractivity contribution in [3.05, 3.63) is 28.7 Å². The van der Waals surface area contributed by atoms with Gasteiger partial charge in [-0.3, -0.25) is 9.48 Å². The van der Waals surface area contributed by atoms with Gasteiger partial charge < -0.3 is 5.32 Å². The number of ketones is 1. The summed E-state index contributed by atoms with van der Waals surface area (Å²) in [5.74, 6) is 0.898. The number of hydrogen-bond donors (Lipinski definition) is 1. The first kappa shape index (κ1) is 14.5. The molecule has 0 saturated heterocycles. The van der Waals surface area contributed by atoms with Crippen molar-refractivity contribution in [3.63, 3.8) is 0 Å². The van der Waals surface area contributed by atoms with Crippen molar-refractivity contribution in [2.24, 2.45) is 7.05 Å². The molecule has 1 aliphatic heterocycles. The van der Waals surface area contributed by atoms with Crippen LogP contribution in [-0.4, -0.2) is 36.6 Å². The summed E-state index contributed by atoms with van der Waals surface area (Å²) in [5.41, 5.74) is 3.85. The van der Waals surface area contributed by atoms with E-state index in [1.807, 2.05) is 35.8 Å². The fraction of sp³-hybridized carbons (Fsp3) is 0.467. The van der Waals surface area contributed by atoms with E-state index in [0.29, 0.717) is 17.5 Å². The molecule has 1 aliphatic carbocycles. The van der Waals surface area contributed by atoms with Crippen LogP contribution in [-0.2, 0) is 11.8 Å². The Morgan fingerprint density at radius 2 is 2.22 bits per heavy atom. The van der Waals surface area contributed by atoms with Crippen molar-refractivity contribution in [1.82, 2.24) is 24.5 Å². The number of allylic oxidation sites excluding steroid dienone is 2. The average Bonchev–Trinajstić information content (AvgIpc) is 3.10. The molecule has 7 nitrogen and oxygen atoms in total. The van der Waals surface area contributed by atoms with Gasteiger partial charge in [-0.25, -0.2) is 4.68 Å². The van der Waals surface area contributed by atoms with Crippen LogP contribution >= 0.6 is 11.8 Å². The fourth-order valence-electron chi connectivity index (χ4n) is 3.29. The molecule has 0 saturated carbocycles. The Hall–Kier alpha value is -2.09. The third-order valence-corrected chi connectivity index (χ3v) is 5.14. The number of thioether (sulfide) groups is 1. The van der Waals surface area contributed by atoms with Gasteiger partial charge in [0.25, 0.3) is 0 Å². The molecule has 0 amide bonds. The number of nitrogens with one attached hydrogen (secondary N) is 1. The van der Waals surface area contributed by atoms with Crippen LogP contribution in [0.15, 0.2) is 22.6 Å². The molecule has 3 heterocycles. The zero-order valence-corrected chi connectivity index (χ0v) is 14.1.